The smallest absolute Gasteiger partial charge is 0.309 e. The molecule has 25 heavy (non-hydrogen) atoms. The number of nitro benzene ring substituents is 1. The van der Waals surface area contributed by atoms with Gasteiger partial charge in [-0.15, -0.1) is 0 Å². The Labute approximate surface area is 141 Å². The molecule has 0 aliphatic carbocycles. The average Bonchev–Trinajstić information content (AvgIpc) is 2.57. The number of benzene rings is 2. The summed E-state index contributed by atoms with van der Waals surface area (Å²) in [5, 5.41) is 22.7. The molecule has 0 saturated carbocycles. The van der Waals surface area contributed by atoms with Gasteiger partial charge >= 0.3 is 5.97 Å². The van der Waals surface area contributed by atoms with Gasteiger partial charge in [-0.25, -0.2) is 4.39 Å². The summed E-state index contributed by atoms with van der Waals surface area (Å²) in [7, 11) is 1.23. The maximum atomic E-state index is 13.9. The van der Waals surface area contributed by atoms with Gasteiger partial charge in [0.25, 0.3) is 11.6 Å². The Morgan fingerprint density at radius 1 is 1.28 bits per heavy atom. The van der Waals surface area contributed by atoms with Gasteiger partial charge in [0.1, 0.15) is 11.6 Å². The van der Waals surface area contributed by atoms with Gasteiger partial charge in [0.15, 0.2) is 0 Å². The SMILES string of the molecule is COC(=O)Cc1ccc(O)c(NC(=O)c2ccc([N+](=O)[O-])cc2F)c1. The predicted octanol–water partition coefficient (Wildman–Crippen LogP) is 2.41. The molecule has 0 bridgehead atoms. The molecule has 0 radical (unpaired) electrons. The molecule has 0 saturated heterocycles. The molecule has 0 aromatic heterocycles. The van der Waals surface area contributed by atoms with Crippen LogP contribution in [-0.4, -0.2) is 29.0 Å². The number of hydrogen-bond donors (Lipinski definition) is 2. The molecule has 0 unspecified atom stereocenters. The molecular weight excluding hydrogens is 335 g/mol. The number of carbonyl (C=O) groups is 2. The minimum atomic E-state index is -1.07. The van der Waals surface area contributed by atoms with Crippen LogP contribution in [0.3, 0.4) is 0 Å². The van der Waals surface area contributed by atoms with Crippen LogP contribution in [0.1, 0.15) is 15.9 Å². The number of nitro groups is 1. The molecule has 2 rings (SSSR count). The molecular formula is C16H13FN2O6. The van der Waals surface area contributed by atoms with E-state index in [1.807, 2.05) is 0 Å². The Morgan fingerprint density at radius 3 is 2.60 bits per heavy atom. The van der Waals surface area contributed by atoms with E-state index in [-0.39, 0.29) is 17.9 Å². The van der Waals surface area contributed by atoms with Crippen molar-refractivity contribution >= 4 is 23.3 Å². The summed E-state index contributed by atoms with van der Waals surface area (Å²) < 4.78 is 18.4. The monoisotopic (exact) mass is 348 g/mol. The van der Waals surface area contributed by atoms with Gasteiger partial charge in [0, 0.05) is 6.07 Å². The van der Waals surface area contributed by atoms with E-state index in [0.717, 1.165) is 12.1 Å². The Kier molecular flexibility index (Phi) is 5.28. The summed E-state index contributed by atoms with van der Waals surface area (Å²) in [6, 6.07) is 6.66. The molecule has 0 aliphatic heterocycles. The lowest BCUT2D eigenvalue weighted by Crippen LogP contribution is -2.14. The Balaban J connectivity index is 2.24. The average molecular weight is 348 g/mol. The molecule has 9 heteroatoms. The lowest BCUT2D eigenvalue weighted by atomic mass is 10.1. The summed E-state index contributed by atoms with van der Waals surface area (Å²) in [6.07, 6.45) is -0.0778. The van der Waals surface area contributed by atoms with Gasteiger partial charge < -0.3 is 15.2 Å². The fourth-order valence-electron chi connectivity index (χ4n) is 2.02. The third-order valence-corrected chi connectivity index (χ3v) is 3.29. The normalized spacial score (nSPS) is 10.2. The van der Waals surface area contributed by atoms with E-state index in [0.29, 0.717) is 11.6 Å². The van der Waals surface area contributed by atoms with Crippen molar-refractivity contribution in [3.63, 3.8) is 0 Å². The largest absolute Gasteiger partial charge is 0.506 e. The van der Waals surface area contributed by atoms with E-state index in [4.69, 9.17) is 0 Å². The van der Waals surface area contributed by atoms with Crippen LogP contribution in [0.2, 0.25) is 0 Å². The van der Waals surface area contributed by atoms with Crippen molar-refractivity contribution in [2.75, 3.05) is 12.4 Å². The second-order valence-corrected chi connectivity index (χ2v) is 4.98. The molecule has 130 valence electrons. The molecule has 0 fully saturated rings. The number of amides is 1. The van der Waals surface area contributed by atoms with Crippen molar-refractivity contribution in [1.82, 2.24) is 0 Å². The minimum Gasteiger partial charge on any atom is -0.506 e. The number of carbonyl (C=O) groups excluding carboxylic acids is 2. The fourth-order valence-corrected chi connectivity index (χ4v) is 2.02. The summed E-state index contributed by atoms with van der Waals surface area (Å²) in [6.45, 7) is 0. The lowest BCUT2D eigenvalue weighted by molar-refractivity contribution is -0.385. The Hall–Kier alpha value is -3.49. The van der Waals surface area contributed by atoms with E-state index >= 15 is 0 Å². The van der Waals surface area contributed by atoms with E-state index in [1.165, 1.54) is 25.3 Å². The van der Waals surface area contributed by atoms with Crippen molar-refractivity contribution < 1.29 is 28.7 Å². The number of anilines is 1. The van der Waals surface area contributed by atoms with E-state index < -0.39 is 33.9 Å². The van der Waals surface area contributed by atoms with Crippen LogP contribution in [0.4, 0.5) is 15.8 Å². The number of esters is 1. The van der Waals surface area contributed by atoms with Crippen LogP contribution in [0.25, 0.3) is 0 Å². The molecule has 0 aliphatic rings. The Morgan fingerprint density at radius 2 is 2.00 bits per heavy atom. The number of nitrogens with zero attached hydrogens (tertiary/aromatic N) is 1. The first-order chi connectivity index (χ1) is 11.8. The number of halogens is 1. The standard InChI is InChI=1S/C16H13FN2O6/c1-25-15(21)7-9-2-5-14(20)13(6-9)18-16(22)11-4-3-10(19(23)24)8-12(11)17/h2-6,8,20H,7H2,1H3,(H,18,22). The number of ether oxygens (including phenoxy) is 1. The van der Waals surface area contributed by atoms with Crippen LogP contribution in [0.5, 0.6) is 5.75 Å². The summed E-state index contributed by atoms with van der Waals surface area (Å²) in [4.78, 5) is 33.2. The molecule has 0 heterocycles. The van der Waals surface area contributed by atoms with E-state index in [2.05, 4.69) is 10.1 Å². The zero-order valence-electron chi connectivity index (χ0n) is 13.0. The first kappa shape index (κ1) is 17.9. The zero-order chi connectivity index (χ0) is 18.6. The molecule has 1 amide bonds. The van der Waals surface area contributed by atoms with Crippen molar-refractivity contribution in [3.8, 4) is 5.75 Å². The van der Waals surface area contributed by atoms with Gasteiger partial charge in [-0.1, -0.05) is 6.07 Å². The second-order valence-electron chi connectivity index (χ2n) is 4.98. The number of phenols is 1. The van der Waals surface area contributed by atoms with Crippen molar-refractivity contribution in [2.45, 2.75) is 6.42 Å². The number of phenolic OH excluding ortho intramolecular Hbond substituents is 1. The third-order valence-electron chi connectivity index (χ3n) is 3.29. The molecule has 0 spiro atoms. The zero-order valence-corrected chi connectivity index (χ0v) is 13.0. The maximum Gasteiger partial charge on any atom is 0.309 e. The third kappa shape index (κ3) is 4.28. The van der Waals surface area contributed by atoms with Crippen LogP contribution in [-0.2, 0) is 16.0 Å². The minimum absolute atomic E-state index is 0.0378. The highest BCUT2D eigenvalue weighted by Gasteiger charge is 2.17. The summed E-state index contributed by atoms with van der Waals surface area (Å²) in [5.74, 6) is -2.77. The first-order valence-electron chi connectivity index (χ1n) is 6.96. The van der Waals surface area contributed by atoms with Gasteiger partial charge in [0.05, 0.1) is 35.8 Å². The number of hydrogen-bond acceptors (Lipinski definition) is 6. The number of methoxy groups -OCH3 is 1. The van der Waals surface area contributed by atoms with E-state index in [1.54, 1.807) is 0 Å². The molecule has 2 aromatic carbocycles. The first-order valence-corrected chi connectivity index (χ1v) is 6.96. The fraction of sp³-hybridized carbons (Fsp3) is 0.125. The maximum absolute atomic E-state index is 13.9. The van der Waals surface area contributed by atoms with E-state index in [9.17, 15) is 29.2 Å². The number of nitrogens with one attached hydrogen (secondary N) is 1. The van der Waals surface area contributed by atoms with Crippen LogP contribution < -0.4 is 5.32 Å². The molecule has 2 aromatic rings. The summed E-state index contributed by atoms with van der Waals surface area (Å²) >= 11 is 0. The highest BCUT2D eigenvalue weighted by molar-refractivity contribution is 6.05. The molecule has 2 N–H and O–H groups in total. The van der Waals surface area contributed by atoms with Gasteiger partial charge in [-0.3, -0.25) is 19.7 Å². The van der Waals surface area contributed by atoms with Gasteiger partial charge in [0.2, 0.25) is 0 Å². The summed E-state index contributed by atoms with van der Waals surface area (Å²) in [5.41, 5.74) is -0.492. The Bertz CT molecular complexity index is 853. The predicted molar refractivity (Wildman–Crippen MR) is 84.8 cm³/mol. The van der Waals surface area contributed by atoms with Crippen LogP contribution in [0.15, 0.2) is 36.4 Å². The number of rotatable bonds is 5. The quantitative estimate of drug-likeness (QED) is 0.371. The molecule has 0 atom stereocenters. The topological polar surface area (TPSA) is 119 Å². The highest BCUT2D eigenvalue weighted by atomic mass is 19.1. The van der Waals surface area contributed by atoms with Crippen molar-refractivity contribution in [2.24, 2.45) is 0 Å². The molecule has 8 nitrogen and oxygen atoms in total. The number of aromatic hydroxyl groups is 1. The van der Waals surface area contributed by atoms with Gasteiger partial charge in [-0.05, 0) is 23.8 Å². The highest BCUT2D eigenvalue weighted by Crippen LogP contribution is 2.26. The van der Waals surface area contributed by atoms with Crippen molar-refractivity contribution in [1.29, 1.82) is 0 Å². The van der Waals surface area contributed by atoms with Crippen molar-refractivity contribution in [3.05, 3.63) is 63.5 Å². The lowest BCUT2D eigenvalue weighted by Gasteiger charge is -2.10. The van der Waals surface area contributed by atoms with Gasteiger partial charge in [-0.2, -0.15) is 0 Å². The van der Waals surface area contributed by atoms with Crippen LogP contribution in [0, 0.1) is 15.9 Å². The number of non-ortho nitro benzene ring substituents is 1. The van der Waals surface area contributed by atoms with Crippen LogP contribution >= 0.6 is 0 Å². The second kappa shape index (κ2) is 7.39.